The third kappa shape index (κ3) is 17.1. The molecule has 2 saturated heterocycles. The van der Waals surface area contributed by atoms with Crippen LogP contribution in [0.5, 0.6) is 11.5 Å². The van der Waals surface area contributed by atoms with Crippen LogP contribution in [0.15, 0.2) is 107 Å². The first-order valence-corrected chi connectivity index (χ1v) is 31.3. The van der Waals surface area contributed by atoms with E-state index in [1.165, 1.54) is 95.0 Å². The second-order valence-corrected chi connectivity index (χ2v) is 23.2. The number of aromatic amines is 1. The van der Waals surface area contributed by atoms with Crippen LogP contribution in [0.2, 0.25) is 0 Å². The fourth-order valence-electron chi connectivity index (χ4n) is 11.0. The van der Waals surface area contributed by atoms with Crippen LogP contribution in [0.25, 0.3) is 11.2 Å². The molecule has 6 aromatic rings. The summed E-state index contributed by atoms with van der Waals surface area (Å²) in [4.78, 5) is 80.2. The minimum Gasteiger partial charge on any atom is -0.497 e. The van der Waals surface area contributed by atoms with Crippen LogP contribution in [-0.4, -0.2) is 117 Å². The van der Waals surface area contributed by atoms with Gasteiger partial charge in [0.25, 0.3) is 5.56 Å². The van der Waals surface area contributed by atoms with Crippen LogP contribution in [-0.2, 0) is 47.9 Å². The Kier molecular flexibility index (Phi) is 24.6. The zero-order valence-electron chi connectivity index (χ0n) is 50.5. The van der Waals surface area contributed by atoms with E-state index in [0.717, 1.165) is 36.0 Å². The van der Waals surface area contributed by atoms with E-state index in [1.54, 1.807) is 18.8 Å². The van der Waals surface area contributed by atoms with Gasteiger partial charge in [-0.25, -0.2) is 9.78 Å². The van der Waals surface area contributed by atoms with E-state index in [9.17, 15) is 24.1 Å². The lowest BCUT2D eigenvalue weighted by Crippen LogP contribution is -2.41. The molecule has 0 saturated carbocycles. The zero-order valence-corrected chi connectivity index (χ0v) is 51.4. The topological polar surface area (TPSA) is 260 Å². The van der Waals surface area contributed by atoms with Crippen molar-refractivity contribution in [1.29, 1.82) is 0 Å². The quantitative estimate of drug-likeness (QED) is 0.0125. The number of aromatic nitrogens is 6. The maximum atomic E-state index is 13.5. The number of carbonyl (C=O) groups excluding carboxylic acids is 2. The summed E-state index contributed by atoms with van der Waals surface area (Å²) in [6, 6.07) is 26.3. The molecule has 2 fully saturated rings. The van der Waals surface area contributed by atoms with Crippen LogP contribution in [0.1, 0.15) is 153 Å². The van der Waals surface area contributed by atoms with Gasteiger partial charge in [0.1, 0.15) is 47.3 Å². The summed E-state index contributed by atoms with van der Waals surface area (Å²) < 4.78 is 59.5. The number of benzene rings is 3. The van der Waals surface area contributed by atoms with Crippen molar-refractivity contribution in [1.82, 2.24) is 29.1 Å². The van der Waals surface area contributed by atoms with Gasteiger partial charge in [0.2, 0.25) is 11.9 Å². The van der Waals surface area contributed by atoms with Gasteiger partial charge in [-0.3, -0.25) is 28.5 Å². The summed E-state index contributed by atoms with van der Waals surface area (Å²) >= 11 is 0. The Morgan fingerprint density at radius 1 is 0.767 bits per heavy atom. The number of rotatable bonds is 35. The molecule has 2 aliphatic heterocycles. The Labute approximate surface area is 504 Å². The number of methoxy groups -OCH3 is 3. The van der Waals surface area contributed by atoms with Gasteiger partial charge in [0.15, 0.2) is 23.6 Å². The Hall–Kier alpha value is -6.62. The number of hydrogen-bond donors (Lipinski definition) is 4. The predicted octanol–water partition coefficient (Wildman–Crippen LogP) is 10.6. The van der Waals surface area contributed by atoms with E-state index >= 15 is 0 Å². The lowest BCUT2D eigenvalue weighted by molar-refractivity contribution is -0.155. The molecule has 8 rings (SSSR count). The molecule has 86 heavy (non-hydrogen) atoms. The molecule has 22 nitrogen and oxygen atoms in total. The van der Waals surface area contributed by atoms with Crippen molar-refractivity contribution in [3.8, 4) is 11.5 Å². The number of H-pyrrole nitrogens is 1. The van der Waals surface area contributed by atoms with Crippen molar-refractivity contribution in [2.24, 2.45) is 5.92 Å². The highest BCUT2D eigenvalue weighted by Gasteiger charge is 2.51. The summed E-state index contributed by atoms with van der Waals surface area (Å²) in [5.41, 5.74) is 0.0433. The van der Waals surface area contributed by atoms with Crippen LogP contribution in [0.4, 0.5) is 11.8 Å². The highest BCUT2D eigenvalue weighted by atomic mass is 31.2. The number of nitrogens with zero attached hydrogens (tertiary/aromatic N) is 5. The minimum atomic E-state index is -2.78. The number of imidazole rings is 1. The minimum absolute atomic E-state index is 0.0496. The Morgan fingerprint density at radius 2 is 1.38 bits per heavy atom. The van der Waals surface area contributed by atoms with Gasteiger partial charge < -0.3 is 57.7 Å². The van der Waals surface area contributed by atoms with Gasteiger partial charge in [-0.1, -0.05) is 152 Å². The normalized spacial score (nSPS) is 19.9. The fourth-order valence-corrected chi connectivity index (χ4v) is 11.9. The Bertz CT molecular complexity index is 3130. The first kappa shape index (κ1) is 65.4. The highest BCUT2D eigenvalue weighted by molar-refractivity contribution is 7.40. The molecule has 0 spiro atoms. The number of carbonyl (C=O) groups is 2. The fraction of sp³-hybridized carbons (Fsp3) is 0.540. The summed E-state index contributed by atoms with van der Waals surface area (Å²) in [7, 11) is 1.90. The van der Waals surface area contributed by atoms with Crippen molar-refractivity contribution < 1.29 is 56.7 Å². The van der Waals surface area contributed by atoms with Crippen LogP contribution < -0.4 is 31.4 Å². The molecular weight excluding hydrogens is 1120 g/mol. The molecule has 5 heterocycles. The molecule has 3 aromatic carbocycles. The van der Waals surface area contributed by atoms with E-state index < -0.39 is 80.3 Å². The number of ether oxygens (including phenoxy) is 7. The van der Waals surface area contributed by atoms with E-state index in [0.29, 0.717) is 24.5 Å². The monoisotopic (exact) mass is 1210 g/mol. The lowest BCUT2D eigenvalue weighted by Gasteiger charge is -2.37. The van der Waals surface area contributed by atoms with E-state index in [1.807, 2.05) is 92.7 Å². The van der Waals surface area contributed by atoms with Crippen molar-refractivity contribution in [3.05, 3.63) is 135 Å². The molecule has 3 aromatic heterocycles. The van der Waals surface area contributed by atoms with E-state index in [-0.39, 0.29) is 54.9 Å². The van der Waals surface area contributed by atoms with Gasteiger partial charge in [-0.05, 0) is 59.4 Å². The van der Waals surface area contributed by atoms with Crippen molar-refractivity contribution in [2.75, 3.05) is 51.7 Å². The largest absolute Gasteiger partial charge is 0.497 e. The number of esters is 1. The number of nitrogens with one attached hydrogen (secondary N) is 3. The summed E-state index contributed by atoms with van der Waals surface area (Å²) in [5, 5.41) is 5.71. The summed E-state index contributed by atoms with van der Waals surface area (Å²) in [6.45, 7) is 7.70. The average Bonchev–Trinajstić information content (AvgIpc) is 1.33. The lowest BCUT2D eigenvalue weighted by atomic mass is 9.80. The second-order valence-electron chi connectivity index (χ2n) is 22.3. The number of unbranched alkanes of at least 4 members (excludes halogenated alkanes) is 12. The van der Waals surface area contributed by atoms with Crippen molar-refractivity contribution >= 4 is 43.4 Å². The first-order valence-electron chi connectivity index (χ1n) is 30.1. The highest BCUT2D eigenvalue weighted by Crippen LogP contribution is 2.47. The van der Waals surface area contributed by atoms with E-state index in [4.69, 9.17) is 47.2 Å². The summed E-state index contributed by atoms with van der Waals surface area (Å²) in [6.07, 6.45) is 11.2. The molecule has 23 heteroatoms. The third-order valence-corrected chi connectivity index (χ3v) is 16.3. The molecule has 0 aliphatic carbocycles. The molecular formula is C63H85N8O14P. The van der Waals surface area contributed by atoms with Gasteiger partial charge in [0.05, 0.1) is 39.9 Å². The molecule has 0 radical (unpaired) electrons. The molecule has 1 amide bonds. The van der Waals surface area contributed by atoms with Crippen molar-refractivity contribution in [3.63, 3.8) is 0 Å². The molecule has 8 atom stereocenters. The number of anilines is 2. The third-order valence-electron chi connectivity index (χ3n) is 15.5. The van der Waals surface area contributed by atoms with Crippen molar-refractivity contribution in [2.45, 2.75) is 173 Å². The molecule has 4 N–H and O–H groups in total. The standard InChI is InChI=1S/C63H85N8O14P/c1-8-9-10-11-12-13-14-15-16-17-18-19-23-26-53(73)83-50-37-49(82-59(50)70-36-35-52(66-43(4)72)67-62(70)75)39-81-86(76)85-55-51(84-60(56(55)79-7)71-41-65-54-57(71)68-61(69-58(54)74)64-38-42(2)3)40-80-63(44-24-21-20-22-25-44,45-27-31-47(77-5)32-28-45)46-29-33-48(78-6)34-30-46/h20-22,24-25,27-36,41-42,49-51,55-56,59-60,76H,8-19,23,26,37-40H2,1-7H3,(H2,64,68,69,74)(H,66,67,72,75)/t49-,50+,51+,55+,56+,59+,60+,86?/m0/s1. The van der Waals surface area contributed by atoms with Gasteiger partial charge >= 0.3 is 20.3 Å². The maximum absolute atomic E-state index is 13.5. The molecule has 466 valence electrons. The van der Waals surface area contributed by atoms with E-state index in [2.05, 4.69) is 32.5 Å². The maximum Gasteiger partial charge on any atom is 0.351 e. The number of amides is 1. The van der Waals surface area contributed by atoms with Gasteiger partial charge in [0, 0.05) is 39.6 Å². The Morgan fingerprint density at radius 3 is 1.97 bits per heavy atom. The number of hydrogen-bond acceptors (Lipinski definition) is 18. The molecule has 1 unspecified atom stereocenters. The summed E-state index contributed by atoms with van der Waals surface area (Å²) in [5.74, 6) is 0.969. The van der Waals surface area contributed by atoms with Crippen LogP contribution in [0.3, 0.4) is 0 Å². The molecule has 0 bridgehead atoms. The number of fused-ring (bicyclic) bond motifs is 1. The van der Waals surface area contributed by atoms with Gasteiger partial charge in [-0.15, -0.1) is 0 Å². The smallest absolute Gasteiger partial charge is 0.351 e. The molecule has 2 aliphatic rings. The van der Waals surface area contributed by atoms with Gasteiger partial charge in [-0.2, -0.15) is 9.97 Å². The SMILES string of the molecule is CCCCCCCCCCCCCCCC(=O)O[C@@H]1C[C@@H](COP(O)O[C@H]2[C@@H](OC)[C@H](n3cnc4c(=O)[nH]c(NCC(C)C)nc43)O[C@@H]2COC(c2ccccc2)(c2ccc(OC)cc2)c2ccc(OC)cc2)O[C@H]1n1ccc(NC(C)=O)nc1=O. The first-order chi connectivity index (χ1) is 41.7. The Balaban J connectivity index is 1.02. The predicted molar refractivity (Wildman–Crippen MR) is 326 cm³/mol. The van der Waals surface area contributed by atoms with Crippen LogP contribution >= 0.6 is 8.60 Å². The average molecular weight is 1210 g/mol. The second kappa shape index (κ2) is 32.4. The zero-order chi connectivity index (χ0) is 61.0. The van der Waals surface area contributed by atoms with Crippen LogP contribution in [0, 0.1) is 5.92 Å².